The van der Waals surface area contributed by atoms with E-state index in [-0.39, 0.29) is 0 Å². The van der Waals surface area contributed by atoms with Gasteiger partial charge in [-0.1, -0.05) is 12.3 Å². The summed E-state index contributed by atoms with van der Waals surface area (Å²) in [6.45, 7) is 77.4. The summed E-state index contributed by atoms with van der Waals surface area (Å²) >= 11 is 0. The van der Waals surface area contributed by atoms with Crippen LogP contribution in [0.25, 0.3) is 0 Å². The first-order valence-electron chi connectivity index (χ1n) is 25.1. The van der Waals surface area contributed by atoms with E-state index in [0.29, 0.717) is 0 Å². The minimum Gasteiger partial charge on any atom is -0.528 e. The number of hydrogen-bond donors (Lipinski definition) is 0. The maximum Gasteiger partial charge on any atom is 0.383 e. The Labute approximate surface area is 459 Å². The molecular weight excluding hydrogens is 1210 g/mol. The fourth-order valence-electron chi connectivity index (χ4n) is 10.1. The van der Waals surface area contributed by atoms with Gasteiger partial charge in [-0.3, -0.25) is 0 Å². The van der Waals surface area contributed by atoms with E-state index < -0.39 is 145 Å². The summed E-state index contributed by atoms with van der Waals surface area (Å²) in [7, 11) is -45.7. The van der Waals surface area contributed by atoms with Gasteiger partial charge in [-0.2, -0.15) is 0 Å². The Morgan fingerprint density at radius 3 is 0.403 bits per heavy atom. The van der Waals surface area contributed by atoms with E-state index >= 15 is 0 Å². The van der Waals surface area contributed by atoms with Crippen molar-refractivity contribution in [2.75, 3.05) is 0 Å². The lowest BCUT2D eigenvalue weighted by molar-refractivity contribution is 0.250. The second kappa shape index (κ2) is 25.2. The largest absolute Gasteiger partial charge is 0.528 e. The normalized spacial score (nSPS) is 15.8. The Hall–Kier alpha value is 2.33. The third-order valence-electron chi connectivity index (χ3n) is 8.74. The smallest absolute Gasteiger partial charge is 0.383 e. The lowest BCUT2D eigenvalue weighted by Gasteiger charge is -2.45. The molecule has 0 saturated carbocycles. The van der Waals surface area contributed by atoms with Crippen LogP contribution in [0.5, 0.6) is 0 Å². The van der Waals surface area contributed by atoms with E-state index in [1.54, 1.807) is 0 Å². The molecule has 17 nitrogen and oxygen atoms in total. The molecule has 0 heterocycles. The monoisotopic (exact) mass is 1310 g/mol. The lowest BCUT2D eigenvalue weighted by atomic mass is 11.2. The minimum atomic E-state index is -2.83. The van der Waals surface area contributed by atoms with Gasteiger partial charge in [-0.15, -0.1) is 6.58 Å². The van der Waals surface area contributed by atoms with Gasteiger partial charge in [-0.05, 0) is 223 Å². The van der Waals surface area contributed by atoms with Gasteiger partial charge in [0.15, 0.2) is 8.32 Å². The fraction of sp³-hybridized carbons (Fsp3) is 0.895. The van der Waals surface area contributed by atoms with Gasteiger partial charge < -0.3 is 70.3 Å². The highest BCUT2D eigenvalue weighted by atomic mass is 28.5. The molecule has 0 amide bonds. The molecule has 0 rings (SSSR count). The molecule has 0 spiro atoms. The van der Waals surface area contributed by atoms with Crippen molar-refractivity contribution in [3.63, 3.8) is 0 Å². The van der Waals surface area contributed by atoms with Gasteiger partial charge in [0.2, 0.25) is 0 Å². The second-order valence-electron chi connectivity index (χ2n) is 26.1. The zero-order valence-corrected chi connectivity index (χ0v) is 69.0. The van der Waals surface area contributed by atoms with Crippen LogP contribution in [-0.2, 0) is 70.3 Å². The molecule has 0 atom stereocenters. The average Bonchev–Trinajstić information content (AvgIpc) is 2.89. The van der Waals surface area contributed by atoms with Crippen LogP contribution in [0.15, 0.2) is 25.1 Å². The molecule has 0 aliphatic carbocycles. The van der Waals surface area contributed by atoms with Crippen LogP contribution >= 0.6 is 0 Å². The Balaban J connectivity index is 5.77. The van der Waals surface area contributed by atoms with Crippen molar-refractivity contribution in [1.82, 2.24) is 0 Å². The maximum atomic E-state index is 6.91. The first-order chi connectivity index (χ1) is 30.9. The lowest BCUT2D eigenvalue weighted by Crippen LogP contribution is -2.63. The topological polar surface area (TPSA) is 157 Å². The molecule has 72 heavy (non-hydrogen) atoms. The highest BCUT2D eigenvalue weighted by Gasteiger charge is 2.53. The summed E-state index contributed by atoms with van der Waals surface area (Å²) in [6.07, 6.45) is 1.44. The molecule has 0 aromatic rings. The van der Waals surface area contributed by atoms with Gasteiger partial charge in [0.25, 0.3) is 0 Å². The van der Waals surface area contributed by atoms with E-state index in [4.69, 9.17) is 70.3 Å². The van der Waals surface area contributed by atoms with Gasteiger partial charge in [0.1, 0.15) is 0 Å². The first-order valence-corrected chi connectivity index (χ1v) is 73.1. The van der Waals surface area contributed by atoms with Gasteiger partial charge in [0, 0.05) is 0 Å². The third-order valence-corrected chi connectivity index (χ3v) is 73.5. The van der Waals surface area contributed by atoms with Crippen molar-refractivity contribution in [1.29, 1.82) is 0 Å². The number of hydrogen-bond acceptors (Lipinski definition) is 17. The predicted octanol–water partition coefficient (Wildman–Crippen LogP) is 13.6. The zero-order valence-electron chi connectivity index (χ0n) is 52.0. The quantitative estimate of drug-likeness (QED) is 0.0436. The van der Waals surface area contributed by atoms with Crippen molar-refractivity contribution in [3.8, 4) is 0 Å². The summed E-state index contributed by atoms with van der Waals surface area (Å²) in [4.78, 5) is 0. The molecule has 0 fully saturated rings. The predicted molar refractivity (Wildman–Crippen MR) is 336 cm³/mol. The summed E-state index contributed by atoms with van der Waals surface area (Å²) < 4.78 is 114. The summed E-state index contributed by atoms with van der Waals surface area (Å²) in [5.41, 5.74) is 1.94. The summed E-state index contributed by atoms with van der Waals surface area (Å²) in [6, 6.07) is 0. The summed E-state index contributed by atoms with van der Waals surface area (Å²) in [5.74, 6) is 0. The van der Waals surface area contributed by atoms with E-state index in [1.807, 2.05) is 84.3 Å². The molecule has 0 aliphatic rings. The van der Waals surface area contributed by atoms with Crippen molar-refractivity contribution >= 4 is 145 Å². The SMILES string of the molecule is C=CO[Si](C)(C)O[Si](C)(C)O[Si](C)(C)O[Si](C)(C)O[Si](C)(C)O[Si](C)(C)O[Si](C)(C)O[Si](C)(C)O[Si](C)(C)O[Si](C)(C)O[Si](C)(C)O[Si](C)(C)O[Si](C)(C)O[Si](C)(C)O[Si](C)(C)O[Si](C)(C)O[Si](C)(C)C=C. The van der Waals surface area contributed by atoms with Crippen LogP contribution in [0.1, 0.15) is 0 Å². The Bertz CT molecular complexity index is 1780. The van der Waals surface area contributed by atoms with E-state index in [0.717, 1.165) is 0 Å². The molecule has 0 radical (unpaired) electrons. The maximum absolute atomic E-state index is 6.91. The molecule has 0 unspecified atom stereocenters. The molecule has 0 aromatic heterocycles. The van der Waals surface area contributed by atoms with Crippen molar-refractivity contribution < 1.29 is 70.3 Å². The van der Waals surface area contributed by atoms with E-state index in [2.05, 4.69) is 157 Å². The molecule has 0 saturated heterocycles. The van der Waals surface area contributed by atoms with Gasteiger partial charge >= 0.3 is 137 Å². The highest BCUT2D eigenvalue weighted by Crippen LogP contribution is 2.34. The first kappa shape index (κ1) is 74.3. The van der Waals surface area contributed by atoms with Crippen LogP contribution in [0.4, 0.5) is 0 Å². The van der Waals surface area contributed by atoms with Crippen molar-refractivity contribution in [2.24, 2.45) is 0 Å². The molecule has 34 heteroatoms. The van der Waals surface area contributed by atoms with Crippen LogP contribution in [0.3, 0.4) is 0 Å². The van der Waals surface area contributed by atoms with Crippen LogP contribution in [-0.4, -0.2) is 145 Å². The average molecular weight is 1310 g/mol. The molecule has 0 bridgehead atoms. The molecular formula is C38H108O17Si17. The van der Waals surface area contributed by atoms with Gasteiger partial charge in [-0.25, -0.2) is 0 Å². The van der Waals surface area contributed by atoms with Crippen LogP contribution in [0.2, 0.25) is 223 Å². The Morgan fingerprint density at radius 1 is 0.181 bits per heavy atom. The van der Waals surface area contributed by atoms with Gasteiger partial charge in [0.05, 0.1) is 6.26 Å². The Morgan fingerprint density at radius 2 is 0.292 bits per heavy atom. The minimum absolute atomic E-state index is 1.44. The molecule has 0 N–H and O–H groups in total. The van der Waals surface area contributed by atoms with Crippen molar-refractivity contribution in [3.05, 3.63) is 25.1 Å². The standard InChI is InChI=1S/C38H108O17Si17/c1-37-39-57(5,6)41-59(9,10)43-61(13,14)45-63(17,18)47-65(21,22)49-67(25,26)51-69(29,30)53-71(33,34)55-72(35,36)54-70(31,32)52-68(27,28)50-66(23,24)48-64(19,20)46-62(15,16)44-60(11,12)42-58(7,8)40-56(3,4)38-2/h37-38H,1-2H2,3-36H3. The van der Waals surface area contributed by atoms with Crippen molar-refractivity contribution in [2.45, 2.75) is 223 Å². The number of rotatable bonds is 35. The fourth-order valence-corrected chi connectivity index (χ4v) is 95.2. The Kier molecular flexibility index (Phi) is 26.0. The highest BCUT2D eigenvalue weighted by molar-refractivity contribution is 6.95. The van der Waals surface area contributed by atoms with Crippen LogP contribution in [0, 0.1) is 0 Å². The molecule has 0 aromatic carbocycles. The zero-order chi connectivity index (χ0) is 57.9. The van der Waals surface area contributed by atoms with E-state index in [1.165, 1.54) is 6.26 Å². The van der Waals surface area contributed by atoms with Crippen LogP contribution < -0.4 is 0 Å². The molecule has 430 valence electrons. The second-order valence-corrected chi connectivity index (χ2v) is 87.8. The summed E-state index contributed by atoms with van der Waals surface area (Å²) in [5, 5.41) is 0. The van der Waals surface area contributed by atoms with E-state index in [9.17, 15) is 0 Å². The third kappa shape index (κ3) is 33.2. The molecule has 0 aliphatic heterocycles.